The molecule has 0 spiro atoms. The van der Waals surface area contributed by atoms with Crippen LogP contribution in [0.25, 0.3) is 5.70 Å². The average Bonchev–Trinajstić information content (AvgIpc) is 2.20. The topological polar surface area (TPSA) is 78.8 Å². The number of aliphatic imine (C=N–C) groups is 1. The molecule has 0 radical (unpaired) electrons. The van der Waals surface area contributed by atoms with E-state index in [0.717, 1.165) is 11.5 Å². The van der Waals surface area contributed by atoms with Crippen molar-refractivity contribution in [2.75, 3.05) is 0 Å². The monoisotopic (exact) mass is 210 g/mol. The van der Waals surface area contributed by atoms with Crippen LogP contribution in [0.3, 0.4) is 0 Å². The summed E-state index contributed by atoms with van der Waals surface area (Å²) in [5, 5.41) is 0. The van der Waals surface area contributed by atoms with Gasteiger partial charge in [0.25, 0.3) is 0 Å². The lowest BCUT2D eigenvalue weighted by Crippen LogP contribution is -1.87. The molecule has 1 rings (SSSR count). The Kier molecular flexibility index (Phi) is 4.26. The second-order valence-electron chi connectivity index (χ2n) is 2.48. The molecule has 0 fully saturated rings. The van der Waals surface area contributed by atoms with E-state index in [4.69, 9.17) is 15.5 Å². The van der Waals surface area contributed by atoms with Gasteiger partial charge in [-0.2, -0.15) is 0 Å². The van der Waals surface area contributed by atoms with Crippen molar-refractivity contribution in [1.29, 1.82) is 0 Å². The fraction of sp³-hybridized carbons (Fsp3) is 0. The molecule has 0 aromatic heterocycles. The summed E-state index contributed by atoms with van der Waals surface area (Å²) in [5.74, 6) is 1.07. The van der Waals surface area contributed by atoms with Gasteiger partial charge in [0.2, 0.25) is 8.38 Å². The summed E-state index contributed by atoms with van der Waals surface area (Å²) in [6.45, 7) is 0. The van der Waals surface area contributed by atoms with E-state index in [1.165, 1.54) is 6.20 Å². The molecule has 0 saturated heterocycles. The van der Waals surface area contributed by atoms with Gasteiger partial charge in [-0.3, -0.25) is 0 Å². The zero-order valence-electron chi connectivity index (χ0n) is 7.41. The Labute approximate surface area is 83.3 Å². The van der Waals surface area contributed by atoms with Crippen LogP contribution in [0.2, 0.25) is 0 Å². The highest BCUT2D eigenvalue weighted by Gasteiger charge is 1.98. The molecule has 0 aliphatic heterocycles. The highest BCUT2D eigenvalue weighted by Crippen LogP contribution is 2.21. The number of hydrogen-bond donors (Lipinski definition) is 3. The van der Waals surface area contributed by atoms with Crippen LogP contribution in [0.1, 0.15) is 5.56 Å². The van der Waals surface area contributed by atoms with Gasteiger partial charge in [0.15, 0.2) is 0 Å². The van der Waals surface area contributed by atoms with E-state index >= 15 is 0 Å². The fourth-order valence-electron chi connectivity index (χ4n) is 0.937. The summed E-state index contributed by atoms with van der Waals surface area (Å²) in [6, 6.07) is 9.27. The molecule has 0 amide bonds. The van der Waals surface area contributed by atoms with Crippen LogP contribution in [0.5, 0.6) is 0 Å². The zero-order valence-corrected chi connectivity index (χ0v) is 8.30. The van der Waals surface area contributed by atoms with Crippen molar-refractivity contribution in [2.24, 2.45) is 10.7 Å². The highest BCUT2D eigenvalue weighted by molar-refractivity contribution is 7.61. The molecular weight excluding hydrogens is 199 g/mol. The standard InChI is InChI=1S/C9H11N2O2P/c10-6-9(11-7-14(12)13)8-4-2-1-3-5-8/h1-7,12-13H,10H2. The summed E-state index contributed by atoms with van der Waals surface area (Å²) in [5.41, 5.74) is 6.71. The molecule has 0 aliphatic rings. The predicted molar refractivity (Wildman–Crippen MR) is 58.5 cm³/mol. The first-order valence-corrected chi connectivity index (χ1v) is 5.24. The summed E-state index contributed by atoms with van der Waals surface area (Å²) in [7, 11) is -2.12. The van der Waals surface area contributed by atoms with E-state index in [1.54, 1.807) is 0 Å². The summed E-state index contributed by atoms with van der Waals surface area (Å²) >= 11 is 0. The van der Waals surface area contributed by atoms with Crippen LogP contribution in [-0.4, -0.2) is 15.7 Å². The van der Waals surface area contributed by atoms with Crippen LogP contribution < -0.4 is 5.73 Å². The second-order valence-corrected chi connectivity index (χ2v) is 3.35. The molecule has 5 heteroatoms. The normalized spacial score (nSPS) is 12.6. The van der Waals surface area contributed by atoms with E-state index in [0.29, 0.717) is 5.70 Å². The Hall–Kier alpha value is -1.22. The van der Waals surface area contributed by atoms with Crippen molar-refractivity contribution in [1.82, 2.24) is 0 Å². The van der Waals surface area contributed by atoms with Gasteiger partial charge in [-0.05, 0) is 0 Å². The smallest absolute Gasteiger partial charge is 0.211 e. The predicted octanol–water partition coefficient (Wildman–Crippen LogP) is 1.27. The lowest BCUT2D eigenvalue weighted by molar-refractivity contribution is 0.501. The van der Waals surface area contributed by atoms with E-state index in [9.17, 15) is 0 Å². The van der Waals surface area contributed by atoms with Crippen molar-refractivity contribution in [2.45, 2.75) is 0 Å². The van der Waals surface area contributed by atoms with Gasteiger partial charge in [0.1, 0.15) is 0 Å². The molecule has 1 aromatic carbocycles. The molecule has 0 bridgehead atoms. The van der Waals surface area contributed by atoms with Gasteiger partial charge in [-0.15, -0.1) is 0 Å². The van der Waals surface area contributed by atoms with Crippen molar-refractivity contribution in [3.8, 4) is 0 Å². The molecule has 0 atom stereocenters. The Balaban J connectivity index is 2.85. The van der Waals surface area contributed by atoms with Crippen molar-refractivity contribution < 1.29 is 9.79 Å². The minimum Gasteiger partial charge on any atom is -0.403 e. The van der Waals surface area contributed by atoms with Gasteiger partial charge in [0.05, 0.1) is 11.7 Å². The van der Waals surface area contributed by atoms with Crippen LogP contribution in [0, 0.1) is 0 Å². The highest BCUT2D eigenvalue weighted by atomic mass is 31.2. The average molecular weight is 210 g/mol. The van der Waals surface area contributed by atoms with Gasteiger partial charge < -0.3 is 15.5 Å². The molecule has 74 valence electrons. The number of benzene rings is 1. The molecule has 0 aliphatic carbocycles. The largest absolute Gasteiger partial charge is 0.403 e. The van der Waals surface area contributed by atoms with Crippen molar-refractivity contribution in [3.05, 3.63) is 42.1 Å². The van der Waals surface area contributed by atoms with E-state index in [1.807, 2.05) is 30.3 Å². The summed E-state index contributed by atoms with van der Waals surface area (Å²) in [6.07, 6.45) is 1.32. The van der Waals surface area contributed by atoms with Gasteiger partial charge in [-0.1, -0.05) is 30.3 Å². The molecule has 4 N–H and O–H groups in total. The van der Waals surface area contributed by atoms with Gasteiger partial charge in [0, 0.05) is 11.8 Å². The Morgan fingerprint density at radius 3 is 2.43 bits per heavy atom. The van der Waals surface area contributed by atoms with Crippen molar-refractivity contribution >= 4 is 20.0 Å². The number of rotatable bonds is 3. The molecule has 0 heterocycles. The van der Waals surface area contributed by atoms with Gasteiger partial charge >= 0.3 is 0 Å². The quantitative estimate of drug-likeness (QED) is 0.519. The Bertz CT molecular complexity index is 336. The number of nitrogens with zero attached hydrogens (tertiary/aromatic N) is 1. The van der Waals surface area contributed by atoms with Crippen LogP contribution in [-0.2, 0) is 0 Å². The fourth-order valence-corrected chi connectivity index (χ4v) is 1.16. The number of nitrogens with two attached hydrogens (primary N) is 1. The van der Waals surface area contributed by atoms with Crippen LogP contribution >= 0.6 is 8.38 Å². The summed E-state index contributed by atoms with van der Waals surface area (Å²) in [4.78, 5) is 21.1. The van der Waals surface area contributed by atoms with Crippen LogP contribution in [0.15, 0.2) is 41.5 Å². The minimum absolute atomic E-state index is 0.515. The van der Waals surface area contributed by atoms with Crippen molar-refractivity contribution in [3.63, 3.8) is 0 Å². The first kappa shape index (κ1) is 10.9. The molecular formula is C9H11N2O2P. The SMILES string of the molecule is NC=C(N=CP(O)O)c1ccccc1. The lowest BCUT2D eigenvalue weighted by Gasteiger charge is -2.00. The second kappa shape index (κ2) is 5.50. The Morgan fingerprint density at radius 2 is 1.93 bits per heavy atom. The molecule has 0 unspecified atom stereocenters. The maximum absolute atomic E-state index is 8.65. The maximum Gasteiger partial charge on any atom is 0.211 e. The van der Waals surface area contributed by atoms with E-state index in [2.05, 4.69) is 4.99 Å². The zero-order chi connectivity index (χ0) is 10.4. The minimum atomic E-state index is -2.12. The van der Waals surface area contributed by atoms with Crippen LogP contribution in [0.4, 0.5) is 0 Å². The first-order valence-electron chi connectivity index (χ1n) is 3.92. The molecule has 1 aromatic rings. The summed E-state index contributed by atoms with van der Waals surface area (Å²) < 4.78 is 0. The lowest BCUT2D eigenvalue weighted by atomic mass is 10.2. The third-order valence-electron chi connectivity index (χ3n) is 1.53. The maximum atomic E-state index is 8.65. The third-order valence-corrected chi connectivity index (χ3v) is 1.85. The molecule has 0 saturated carbocycles. The van der Waals surface area contributed by atoms with Gasteiger partial charge in [-0.25, -0.2) is 4.99 Å². The number of hydrogen-bond acceptors (Lipinski definition) is 4. The molecule has 14 heavy (non-hydrogen) atoms. The third kappa shape index (κ3) is 3.26. The first-order chi connectivity index (χ1) is 6.74. The Morgan fingerprint density at radius 1 is 1.29 bits per heavy atom. The van der Waals surface area contributed by atoms with E-state index in [-0.39, 0.29) is 0 Å². The molecule has 4 nitrogen and oxygen atoms in total. The van der Waals surface area contributed by atoms with E-state index < -0.39 is 8.38 Å².